The lowest BCUT2D eigenvalue weighted by atomic mass is 10.1. The smallest absolute Gasteiger partial charge is 0.251 e. The van der Waals surface area contributed by atoms with E-state index in [0.717, 1.165) is 19.3 Å². The minimum atomic E-state index is -0.274. The molecule has 0 fully saturated rings. The minimum Gasteiger partial charge on any atom is -0.399 e. The van der Waals surface area contributed by atoms with Crippen LogP contribution in [0.2, 0.25) is 0 Å². The van der Waals surface area contributed by atoms with E-state index in [9.17, 15) is 9.59 Å². The van der Waals surface area contributed by atoms with Gasteiger partial charge in [-0.3, -0.25) is 9.59 Å². The van der Waals surface area contributed by atoms with E-state index in [1.165, 1.54) is 6.42 Å². The number of nitrogens with two attached hydrogens (primary N) is 1. The molecule has 21 heavy (non-hydrogen) atoms. The molecule has 0 heterocycles. The summed E-state index contributed by atoms with van der Waals surface area (Å²) in [5, 5.41) is 5.48. The van der Waals surface area contributed by atoms with Gasteiger partial charge in [0.05, 0.1) is 6.54 Å². The Morgan fingerprint density at radius 2 is 1.86 bits per heavy atom. The zero-order chi connectivity index (χ0) is 15.7. The van der Waals surface area contributed by atoms with Crippen molar-refractivity contribution >= 4 is 17.5 Å². The SMILES string of the molecule is CCCCCC(C)NC(=O)CNC(=O)c1ccc(N)cc1. The minimum absolute atomic E-state index is 0.0126. The summed E-state index contributed by atoms with van der Waals surface area (Å²) < 4.78 is 0. The molecule has 1 unspecified atom stereocenters. The normalized spacial score (nSPS) is 11.7. The van der Waals surface area contributed by atoms with Crippen LogP contribution in [0.5, 0.6) is 0 Å². The fourth-order valence-corrected chi connectivity index (χ4v) is 2.00. The molecule has 4 N–H and O–H groups in total. The summed E-state index contributed by atoms with van der Waals surface area (Å²) in [7, 11) is 0. The van der Waals surface area contributed by atoms with Gasteiger partial charge in [0.2, 0.25) is 5.91 Å². The lowest BCUT2D eigenvalue weighted by Gasteiger charge is -2.14. The molecule has 0 aromatic heterocycles. The number of hydrogen-bond donors (Lipinski definition) is 3. The van der Waals surface area contributed by atoms with Gasteiger partial charge >= 0.3 is 0 Å². The highest BCUT2D eigenvalue weighted by Crippen LogP contribution is 2.05. The number of nitrogen functional groups attached to an aromatic ring is 1. The van der Waals surface area contributed by atoms with Crippen LogP contribution in [0.1, 0.15) is 49.9 Å². The molecule has 0 saturated heterocycles. The number of hydrogen-bond acceptors (Lipinski definition) is 3. The highest BCUT2D eigenvalue weighted by molar-refractivity contribution is 5.96. The van der Waals surface area contributed by atoms with E-state index < -0.39 is 0 Å². The molecule has 0 spiro atoms. The van der Waals surface area contributed by atoms with Crippen molar-refractivity contribution in [3.8, 4) is 0 Å². The van der Waals surface area contributed by atoms with Crippen LogP contribution in [0.25, 0.3) is 0 Å². The van der Waals surface area contributed by atoms with Crippen LogP contribution >= 0.6 is 0 Å². The van der Waals surface area contributed by atoms with Crippen LogP contribution in [-0.4, -0.2) is 24.4 Å². The molecule has 0 radical (unpaired) electrons. The van der Waals surface area contributed by atoms with Gasteiger partial charge in [0.15, 0.2) is 0 Å². The number of carbonyl (C=O) groups excluding carboxylic acids is 2. The van der Waals surface area contributed by atoms with Gasteiger partial charge in [-0.1, -0.05) is 26.2 Å². The van der Waals surface area contributed by atoms with Crippen LogP contribution in [-0.2, 0) is 4.79 Å². The number of amides is 2. The number of unbranched alkanes of at least 4 members (excludes halogenated alkanes) is 2. The van der Waals surface area contributed by atoms with Crippen molar-refractivity contribution in [3.05, 3.63) is 29.8 Å². The zero-order valence-electron chi connectivity index (χ0n) is 12.8. The molecule has 116 valence electrons. The average Bonchev–Trinajstić information content (AvgIpc) is 2.46. The lowest BCUT2D eigenvalue weighted by molar-refractivity contribution is -0.120. The number of rotatable bonds is 8. The summed E-state index contributed by atoms with van der Waals surface area (Å²) in [5.74, 6) is -0.438. The topological polar surface area (TPSA) is 84.2 Å². The maximum absolute atomic E-state index is 11.8. The van der Waals surface area contributed by atoms with Crippen LogP contribution in [0.15, 0.2) is 24.3 Å². The molecule has 1 atom stereocenters. The number of nitrogens with one attached hydrogen (secondary N) is 2. The predicted molar refractivity (Wildman–Crippen MR) is 84.9 cm³/mol. The molecule has 2 amide bonds. The van der Waals surface area contributed by atoms with Gasteiger partial charge in [-0.05, 0) is 37.6 Å². The van der Waals surface area contributed by atoms with Gasteiger partial charge in [-0.25, -0.2) is 0 Å². The van der Waals surface area contributed by atoms with Crippen molar-refractivity contribution in [3.63, 3.8) is 0 Å². The first-order valence-electron chi connectivity index (χ1n) is 7.46. The van der Waals surface area contributed by atoms with Crippen molar-refractivity contribution in [2.24, 2.45) is 0 Å². The van der Waals surface area contributed by atoms with E-state index in [1.54, 1.807) is 24.3 Å². The highest BCUT2D eigenvalue weighted by Gasteiger charge is 2.10. The third kappa shape index (κ3) is 6.79. The fourth-order valence-electron chi connectivity index (χ4n) is 2.00. The highest BCUT2D eigenvalue weighted by atomic mass is 16.2. The third-order valence-electron chi connectivity index (χ3n) is 3.23. The molecule has 1 rings (SSSR count). The van der Waals surface area contributed by atoms with Crippen LogP contribution in [0.3, 0.4) is 0 Å². The molecule has 1 aromatic rings. The molecule has 5 nitrogen and oxygen atoms in total. The second-order valence-electron chi connectivity index (χ2n) is 5.27. The number of benzene rings is 1. The molecule has 0 saturated carbocycles. The molecule has 0 aliphatic carbocycles. The molecular formula is C16H25N3O2. The Kier molecular flexibility index (Phi) is 7.29. The molecule has 0 aliphatic heterocycles. The van der Waals surface area contributed by atoms with E-state index in [0.29, 0.717) is 11.3 Å². The summed E-state index contributed by atoms with van der Waals surface area (Å²) in [4.78, 5) is 23.6. The first-order valence-corrected chi connectivity index (χ1v) is 7.46. The van der Waals surface area contributed by atoms with Gasteiger partial charge in [-0.2, -0.15) is 0 Å². The van der Waals surface area contributed by atoms with Crippen molar-refractivity contribution in [2.75, 3.05) is 12.3 Å². The van der Waals surface area contributed by atoms with Gasteiger partial charge < -0.3 is 16.4 Å². The summed E-state index contributed by atoms with van der Waals surface area (Å²) in [5.41, 5.74) is 6.65. The summed E-state index contributed by atoms with van der Waals surface area (Å²) >= 11 is 0. The van der Waals surface area contributed by atoms with Crippen LogP contribution in [0.4, 0.5) is 5.69 Å². The van der Waals surface area contributed by atoms with Crippen LogP contribution in [0, 0.1) is 0 Å². The number of anilines is 1. The van der Waals surface area contributed by atoms with Crippen LogP contribution < -0.4 is 16.4 Å². The van der Waals surface area contributed by atoms with Gasteiger partial charge in [0.1, 0.15) is 0 Å². The lowest BCUT2D eigenvalue weighted by Crippen LogP contribution is -2.40. The maximum Gasteiger partial charge on any atom is 0.251 e. The third-order valence-corrected chi connectivity index (χ3v) is 3.23. The van der Waals surface area contributed by atoms with E-state index in [1.807, 2.05) is 6.92 Å². The van der Waals surface area contributed by atoms with Crippen molar-refractivity contribution in [2.45, 2.75) is 45.6 Å². The van der Waals surface area contributed by atoms with Gasteiger partial charge in [0.25, 0.3) is 5.91 Å². The summed E-state index contributed by atoms with van der Waals surface area (Å²) in [6.07, 6.45) is 4.41. The first kappa shape index (κ1) is 17.0. The average molecular weight is 291 g/mol. The molecule has 1 aromatic carbocycles. The van der Waals surface area contributed by atoms with E-state index in [-0.39, 0.29) is 24.4 Å². The Morgan fingerprint density at radius 1 is 1.19 bits per heavy atom. The predicted octanol–water partition coefficient (Wildman–Crippen LogP) is 2.08. The molecule has 0 bridgehead atoms. The number of carbonyl (C=O) groups is 2. The molecule has 0 aliphatic rings. The Balaban J connectivity index is 2.29. The Morgan fingerprint density at radius 3 is 2.48 bits per heavy atom. The largest absolute Gasteiger partial charge is 0.399 e. The van der Waals surface area contributed by atoms with E-state index in [4.69, 9.17) is 5.73 Å². The quantitative estimate of drug-likeness (QED) is 0.506. The fraction of sp³-hybridized carbons (Fsp3) is 0.500. The Labute approximate surface area is 126 Å². The van der Waals surface area contributed by atoms with Gasteiger partial charge in [0, 0.05) is 17.3 Å². The zero-order valence-corrected chi connectivity index (χ0v) is 12.8. The van der Waals surface area contributed by atoms with Gasteiger partial charge in [-0.15, -0.1) is 0 Å². The van der Waals surface area contributed by atoms with E-state index >= 15 is 0 Å². The molecule has 5 heteroatoms. The Hall–Kier alpha value is -2.04. The Bertz CT molecular complexity index is 457. The van der Waals surface area contributed by atoms with Crippen molar-refractivity contribution < 1.29 is 9.59 Å². The maximum atomic E-state index is 11.8. The van der Waals surface area contributed by atoms with E-state index in [2.05, 4.69) is 17.6 Å². The molecular weight excluding hydrogens is 266 g/mol. The monoisotopic (exact) mass is 291 g/mol. The standard InChI is InChI=1S/C16H25N3O2/c1-3-4-5-6-12(2)19-15(20)11-18-16(21)13-7-9-14(17)10-8-13/h7-10,12H,3-6,11,17H2,1-2H3,(H,18,21)(H,19,20). The second-order valence-corrected chi connectivity index (χ2v) is 5.27. The first-order chi connectivity index (χ1) is 10.0. The second kappa shape index (κ2) is 9.00. The van der Waals surface area contributed by atoms with Crippen molar-refractivity contribution in [1.29, 1.82) is 0 Å². The summed E-state index contributed by atoms with van der Waals surface area (Å²) in [6.45, 7) is 4.12. The summed E-state index contributed by atoms with van der Waals surface area (Å²) in [6, 6.07) is 6.72. The van der Waals surface area contributed by atoms with Crippen molar-refractivity contribution in [1.82, 2.24) is 10.6 Å².